The summed E-state index contributed by atoms with van der Waals surface area (Å²) in [4.78, 5) is 32.1. The minimum atomic E-state index is -0.000479. The van der Waals surface area contributed by atoms with Crippen molar-refractivity contribution in [3.8, 4) is 5.88 Å². The van der Waals surface area contributed by atoms with Gasteiger partial charge in [0.05, 0.1) is 12.7 Å². The number of rotatable bonds is 7. The average molecular weight is 477 g/mol. The second-order valence-electron chi connectivity index (χ2n) is 9.17. The molecule has 3 aromatic rings. The van der Waals surface area contributed by atoms with Gasteiger partial charge in [0.25, 0.3) is 5.91 Å². The molecule has 5 rings (SSSR count). The van der Waals surface area contributed by atoms with Gasteiger partial charge in [0.15, 0.2) is 0 Å². The average Bonchev–Trinajstić information content (AvgIpc) is 2.92. The molecule has 35 heavy (non-hydrogen) atoms. The molecule has 4 heterocycles. The number of nitrogens with zero attached hydrogens (tertiary/aromatic N) is 5. The number of methoxy groups -OCH3 is 1. The Morgan fingerprint density at radius 3 is 2.60 bits per heavy atom. The van der Waals surface area contributed by atoms with Crippen molar-refractivity contribution in [1.82, 2.24) is 30.2 Å². The molecule has 3 N–H and O–H groups in total. The SMILES string of the molecule is COc1nccc2ccc(N[C@H]3CC[C@H](CNc4ncc(C(=O)N5CCNCC5)cn4)CC3)nc12. The zero-order valence-electron chi connectivity index (χ0n) is 20.0. The van der Waals surface area contributed by atoms with Crippen LogP contribution in [0.15, 0.2) is 36.8 Å². The van der Waals surface area contributed by atoms with Crippen molar-refractivity contribution >= 4 is 28.6 Å². The summed E-state index contributed by atoms with van der Waals surface area (Å²) in [5, 5.41) is 11.2. The Morgan fingerprint density at radius 2 is 1.86 bits per heavy atom. The quantitative estimate of drug-likeness (QED) is 0.473. The molecule has 1 saturated heterocycles. The predicted octanol–water partition coefficient (Wildman–Crippen LogP) is 2.56. The number of hydrogen-bond acceptors (Lipinski definition) is 9. The summed E-state index contributed by atoms with van der Waals surface area (Å²) in [6.45, 7) is 3.93. The van der Waals surface area contributed by atoms with Crippen LogP contribution < -0.4 is 20.7 Å². The van der Waals surface area contributed by atoms with Gasteiger partial charge < -0.3 is 25.6 Å². The standard InChI is InChI=1S/C25H32N8O2/c1-35-23-22-18(8-9-27-23)4-7-21(32-22)31-20-5-2-17(3-6-20)14-28-25-29-15-19(16-30-25)24(34)33-12-10-26-11-13-33/h4,7-9,15-17,20,26H,2-3,5-6,10-14H2,1H3,(H,31,32)(H,28,29,30)/t17-,20-. The van der Waals surface area contributed by atoms with Gasteiger partial charge >= 0.3 is 0 Å². The summed E-state index contributed by atoms with van der Waals surface area (Å²) in [7, 11) is 1.62. The molecule has 1 saturated carbocycles. The summed E-state index contributed by atoms with van der Waals surface area (Å²) in [5.41, 5.74) is 1.32. The maximum Gasteiger partial charge on any atom is 0.257 e. The first kappa shape index (κ1) is 23.2. The van der Waals surface area contributed by atoms with Gasteiger partial charge in [-0.3, -0.25) is 4.79 Å². The second kappa shape index (κ2) is 10.8. The first-order chi connectivity index (χ1) is 17.2. The molecule has 0 radical (unpaired) electrons. The largest absolute Gasteiger partial charge is 0.479 e. The lowest BCUT2D eigenvalue weighted by Gasteiger charge is -2.29. The lowest BCUT2D eigenvalue weighted by atomic mass is 9.86. The number of amides is 1. The third-order valence-corrected chi connectivity index (χ3v) is 6.82. The van der Waals surface area contributed by atoms with E-state index >= 15 is 0 Å². The first-order valence-corrected chi connectivity index (χ1v) is 12.3. The van der Waals surface area contributed by atoms with E-state index in [2.05, 4.69) is 30.9 Å². The van der Waals surface area contributed by atoms with Crippen molar-refractivity contribution < 1.29 is 9.53 Å². The Balaban J connectivity index is 1.08. The number of fused-ring (bicyclic) bond motifs is 1. The van der Waals surface area contributed by atoms with Gasteiger partial charge in [-0.1, -0.05) is 0 Å². The molecular formula is C25H32N8O2. The number of piperazine rings is 1. The molecular weight excluding hydrogens is 444 g/mol. The normalized spacial score (nSPS) is 20.4. The predicted molar refractivity (Wildman–Crippen MR) is 135 cm³/mol. The highest BCUT2D eigenvalue weighted by molar-refractivity contribution is 5.93. The van der Waals surface area contributed by atoms with Crippen molar-refractivity contribution in [2.24, 2.45) is 5.92 Å². The topological polar surface area (TPSA) is 117 Å². The fourth-order valence-corrected chi connectivity index (χ4v) is 4.79. The van der Waals surface area contributed by atoms with E-state index in [9.17, 15) is 4.79 Å². The Hall–Kier alpha value is -3.53. The van der Waals surface area contributed by atoms with E-state index in [1.165, 1.54) is 0 Å². The number of carbonyl (C=O) groups is 1. The first-order valence-electron chi connectivity index (χ1n) is 12.3. The fraction of sp³-hybridized carbons (Fsp3) is 0.480. The van der Waals surface area contributed by atoms with E-state index in [0.29, 0.717) is 29.4 Å². The Bertz CT molecular complexity index is 1140. The van der Waals surface area contributed by atoms with E-state index in [-0.39, 0.29) is 5.91 Å². The van der Waals surface area contributed by atoms with Gasteiger partial charge in [-0.05, 0) is 49.8 Å². The maximum absolute atomic E-state index is 12.6. The molecule has 10 nitrogen and oxygen atoms in total. The van der Waals surface area contributed by atoms with E-state index in [1.54, 1.807) is 25.7 Å². The number of ether oxygens (including phenoxy) is 1. The van der Waals surface area contributed by atoms with Crippen LogP contribution in [-0.4, -0.2) is 76.6 Å². The summed E-state index contributed by atoms with van der Waals surface area (Å²) < 4.78 is 5.36. The number of anilines is 2. The molecule has 184 valence electrons. The molecule has 3 aromatic heterocycles. The molecule has 1 aliphatic heterocycles. The Kier molecular flexibility index (Phi) is 7.17. The van der Waals surface area contributed by atoms with Crippen LogP contribution in [0.3, 0.4) is 0 Å². The van der Waals surface area contributed by atoms with Crippen LogP contribution in [0, 0.1) is 5.92 Å². The molecule has 0 bridgehead atoms. The number of hydrogen-bond donors (Lipinski definition) is 3. The molecule has 0 unspecified atom stereocenters. The van der Waals surface area contributed by atoms with Crippen molar-refractivity contribution in [3.05, 3.63) is 42.4 Å². The molecule has 0 spiro atoms. The van der Waals surface area contributed by atoms with Crippen molar-refractivity contribution in [2.75, 3.05) is 50.5 Å². The van der Waals surface area contributed by atoms with Crippen molar-refractivity contribution in [1.29, 1.82) is 0 Å². The molecule has 2 fully saturated rings. The molecule has 1 amide bonds. The van der Waals surface area contributed by atoms with Crippen LogP contribution in [0.4, 0.5) is 11.8 Å². The van der Waals surface area contributed by atoms with E-state index in [1.807, 2.05) is 23.1 Å². The number of carbonyl (C=O) groups excluding carboxylic acids is 1. The zero-order chi connectivity index (χ0) is 24.0. The lowest BCUT2D eigenvalue weighted by Crippen LogP contribution is -2.46. The van der Waals surface area contributed by atoms with Crippen LogP contribution in [0.1, 0.15) is 36.0 Å². The number of pyridine rings is 2. The van der Waals surface area contributed by atoms with Crippen LogP contribution in [0.25, 0.3) is 10.9 Å². The van der Waals surface area contributed by atoms with Crippen LogP contribution in [0.2, 0.25) is 0 Å². The van der Waals surface area contributed by atoms with E-state index in [0.717, 1.165) is 75.1 Å². The van der Waals surface area contributed by atoms with E-state index in [4.69, 9.17) is 9.72 Å². The van der Waals surface area contributed by atoms with Gasteiger partial charge in [-0.25, -0.2) is 19.9 Å². The molecule has 1 aliphatic carbocycles. The summed E-state index contributed by atoms with van der Waals surface area (Å²) >= 11 is 0. The van der Waals surface area contributed by atoms with Gasteiger partial charge in [-0.2, -0.15) is 0 Å². The van der Waals surface area contributed by atoms with Crippen LogP contribution >= 0.6 is 0 Å². The smallest absolute Gasteiger partial charge is 0.257 e. The third kappa shape index (κ3) is 5.59. The van der Waals surface area contributed by atoms with Gasteiger partial charge in [0.1, 0.15) is 11.3 Å². The van der Waals surface area contributed by atoms with Gasteiger partial charge in [0, 0.05) is 62.7 Å². The minimum absolute atomic E-state index is 0.000479. The zero-order valence-corrected chi connectivity index (χ0v) is 20.0. The molecule has 0 atom stereocenters. The highest BCUT2D eigenvalue weighted by atomic mass is 16.5. The maximum atomic E-state index is 12.6. The van der Waals surface area contributed by atoms with Crippen LogP contribution in [-0.2, 0) is 0 Å². The Morgan fingerprint density at radius 1 is 1.09 bits per heavy atom. The van der Waals surface area contributed by atoms with Crippen molar-refractivity contribution in [2.45, 2.75) is 31.7 Å². The van der Waals surface area contributed by atoms with Crippen molar-refractivity contribution in [3.63, 3.8) is 0 Å². The summed E-state index contributed by atoms with van der Waals surface area (Å²) in [5.74, 6) is 2.54. The molecule has 2 aliphatic rings. The highest BCUT2D eigenvalue weighted by Crippen LogP contribution is 2.28. The lowest BCUT2D eigenvalue weighted by molar-refractivity contribution is 0.0735. The summed E-state index contributed by atoms with van der Waals surface area (Å²) in [6.07, 6.45) is 9.37. The molecule has 10 heteroatoms. The third-order valence-electron chi connectivity index (χ3n) is 6.82. The van der Waals surface area contributed by atoms with E-state index < -0.39 is 0 Å². The number of aromatic nitrogens is 4. The Labute approximate surface area is 204 Å². The van der Waals surface area contributed by atoms with Crippen LogP contribution in [0.5, 0.6) is 5.88 Å². The second-order valence-corrected chi connectivity index (χ2v) is 9.17. The minimum Gasteiger partial charge on any atom is -0.479 e. The fourth-order valence-electron chi connectivity index (χ4n) is 4.79. The highest BCUT2D eigenvalue weighted by Gasteiger charge is 2.22. The monoisotopic (exact) mass is 476 g/mol. The van der Waals surface area contributed by atoms with Gasteiger partial charge in [-0.15, -0.1) is 0 Å². The molecule has 0 aromatic carbocycles. The number of nitrogens with one attached hydrogen (secondary N) is 3. The van der Waals surface area contributed by atoms with Gasteiger partial charge in [0.2, 0.25) is 11.8 Å². The summed E-state index contributed by atoms with van der Waals surface area (Å²) in [6, 6.07) is 6.40.